The van der Waals surface area contributed by atoms with Crippen LogP contribution in [-0.2, 0) is 0 Å². The number of rotatable bonds is 4. The molecular weight excluding hydrogens is 270 g/mol. The van der Waals surface area contributed by atoms with Crippen LogP contribution in [0.4, 0.5) is 17.1 Å². The lowest BCUT2D eigenvalue weighted by Crippen LogP contribution is -2.35. The summed E-state index contributed by atoms with van der Waals surface area (Å²) in [5, 5.41) is 0. The molecule has 1 fully saturated rings. The van der Waals surface area contributed by atoms with Gasteiger partial charge in [-0.3, -0.25) is 0 Å². The van der Waals surface area contributed by atoms with Crippen LogP contribution in [0.3, 0.4) is 0 Å². The molecule has 0 bridgehead atoms. The fourth-order valence-electron chi connectivity index (χ4n) is 3.27. The first-order valence-corrected chi connectivity index (χ1v) is 8.12. The number of para-hydroxylation sites is 3. The second-order valence-corrected chi connectivity index (χ2v) is 6.18. The molecule has 0 aromatic heterocycles. The largest absolute Gasteiger partial charge is 0.397 e. The van der Waals surface area contributed by atoms with E-state index < -0.39 is 0 Å². The molecule has 2 aromatic carbocycles. The van der Waals surface area contributed by atoms with Gasteiger partial charge in [-0.1, -0.05) is 50.6 Å². The summed E-state index contributed by atoms with van der Waals surface area (Å²) in [4.78, 5) is 4.92. The Morgan fingerprint density at radius 3 is 2.45 bits per heavy atom. The Kier molecular flexibility index (Phi) is 4.23. The van der Waals surface area contributed by atoms with Crippen molar-refractivity contribution in [1.82, 2.24) is 0 Å². The van der Waals surface area contributed by atoms with Crippen LogP contribution in [0, 0.1) is 5.92 Å². The first-order chi connectivity index (χ1) is 10.7. The second-order valence-electron chi connectivity index (χ2n) is 6.18. The summed E-state index contributed by atoms with van der Waals surface area (Å²) in [5.41, 5.74) is 9.48. The topological polar surface area (TPSA) is 32.5 Å². The number of nitrogen functional groups attached to an aromatic ring is 1. The number of hydrogen-bond donors (Lipinski definition) is 1. The molecule has 3 nitrogen and oxygen atoms in total. The van der Waals surface area contributed by atoms with E-state index in [-0.39, 0.29) is 0 Å². The molecule has 3 heteroatoms. The Labute approximate surface area is 133 Å². The van der Waals surface area contributed by atoms with E-state index in [0.717, 1.165) is 24.6 Å². The van der Waals surface area contributed by atoms with Gasteiger partial charge in [0.15, 0.2) is 0 Å². The smallest absolute Gasteiger partial charge is 0.0908 e. The number of nitrogens with two attached hydrogens (primary N) is 1. The van der Waals surface area contributed by atoms with Gasteiger partial charge in [0, 0.05) is 12.2 Å². The quantitative estimate of drug-likeness (QED) is 0.866. The first-order valence-electron chi connectivity index (χ1n) is 8.12. The molecule has 1 aliphatic heterocycles. The molecule has 1 saturated heterocycles. The molecule has 0 radical (unpaired) electrons. The fraction of sp³-hybridized carbons (Fsp3) is 0.368. The van der Waals surface area contributed by atoms with E-state index in [0.29, 0.717) is 12.0 Å². The summed E-state index contributed by atoms with van der Waals surface area (Å²) < 4.78 is 0. The lowest BCUT2D eigenvalue weighted by Gasteiger charge is -2.29. The van der Waals surface area contributed by atoms with E-state index in [2.05, 4.69) is 66.1 Å². The van der Waals surface area contributed by atoms with Crippen LogP contribution < -0.4 is 15.5 Å². The van der Waals surface area contributed by atoms with E-state index >= 15 is 0 Å². The molecule has 0 saturated carbocycles. The molecule has 3 rings (SSSR count). The van der Waals surface area contributed by atoms with Crippen LogP contribution in [-0.4, -0.2) is 19.3 Å². The summed E-state index contributed by atoms with van der Waals surface area (Å²) >= 11 is 0. The van der Waals surface area contributed by atoms with Crippen molar-refractivity contribution in [2.75, 3.05) is 28.7 Å². The van der Waals surface area contributed by atoms with Crippen molar-refractivity contribution in [2.45, 2.75) is 26.3 Å². The fourth-order valence-corrected chi connectivity index (χ4v) is 3.27. The lowest BCUT2D eigenvalue weighted by atomic mass is 9.98. The number of anilines is 3. The van der Waals surface area contributed by atoms with Crippen molar-refractivity contribution in [2.24, 2.45) is 5.92 Å². The molecule has 2 atom stereocenters. The third-order valence-corrected chi connectivity index (χ3v) is 4.80. The maximum atomic E-state index is 6.18. The highest BCUT2D eigenvalue weighted by molar-refractivity contribution is 5.69. The summed E-state index contributed by atoms with van der Waals surface area (Å²) in [6, 6.07) is 19.4. The predicted molar refractivity (Wildman–Crippen MR) is 95.2 cm³/mol. The van der Waals surface area contributed by atoms with Crippen molar-refractivity contribution >= 4 is 17.1 Å². The van der Waals surface area contributed by atoms with Crippen molar-refractivity contribution in [3.8, 4) is 0 Å². The van der Waals surface area contributed by atoms with Gasteiger partial charge in [-0.05, 0) is 30.2 Å². The summed E-state index contributed by atoms with van der Waals surface area (Å²) in [6.07, 6.45) is 1.19. The van der Waals surface area contributed by atoms with Crippen LogP contribution >= 0.6 is 0 Å². The molecule has 22 heavy (non-hydrogen) atoms. The van der Waals surface area contributed by atoms with Gasteiger partial charge in [-0.2, -0.15) is 0 Å². The maximum Gasteiger partial charge on any atom is 0.0908 e. The molecule has 0 amide bonds. The Balaban J connectivity index is 1.90. The van der Waals surface area contributed by atoms with Crippen LogP contribution in [0.25, 0.3) is 0 Å². The summed E-state index contributed by atoms with van der Waals surface area (Å²) in [5.74, 6) is 0.648. The molecule has 0 aliphatic carbocycles. The normalized spacial score (nSPS) is 19.5. The molecule has 2 aromatic rings. The van der Waals surface area contributed by atoms with E-state index in [1.165, 1.54) is 12.1 Å². The average molecular weight is 295 g/mol. The number of hydrogen-bond acceptors (Lipinski definition) is 3. The minimum absolute atomic E-state index is 0.520. The standard InChI is InChI=1S/C19H25N3/c1-3-15(2)19-13-21(18-12-8-7-11-17(18)20)14-22(19)16-9-5-4-6-10-16/h4-12,15,19H,3,13-14,20H2,1-2H3/t15?,19-/m1/s1. The zero-order valence-electron chi connectivity index (χ0n) is 13.4. The molecule has 0 spiro atoms. The molecule has 2 N–H and O–H groups in total. The van der Waals surface area contributed by atoms with Gasteiger partial charge in [0.05, 0.1) is 24.1 Å². The highest BCUT2D eigenvalue weighted by Gasteiger charge is 2.34. The Morgan fingerprint density at radius 2 is 1.77 bits per heavy atom. The lowest BCUT2D eigenvalue weighted by molar-refractivity contribution is 0.460. The van der Waals surface area contributed by atoms with Crippen LogP contribution in [0.1, 0.15) is 20.3 Å². The van der Waals surface area contributed by atoms with E-state index in [1.807, 2.05) is 12.1 Å². The van der Waals surface area contributed by atoms with E-state index in [4.69, 9.17) is 5.73 Å². The van der Waals surface area contributed by atoms with E-state index in [1.54, 1.807) is 0 Å². The Bertz CT molecular complexity index is 611. The van der Waals surface area contributed by atoms with Crippen LogP contribution in [0.2, 0.25) is 0 Å². The molecular formula is C19H25N3. The van der Waals surface area contributed by atoms with Gasteiger partial charge < -0.3 is 15.5 Å². The van der Waals surface area contributed by atoms with Gasteiger partial charge in [-0.25, -0.2) is 0 Å². The minimum Gasteiger partial charge on any atom is -0.397 e. The molecule has 1 aliphatic rings. The average Bonchev–Trinajstić information content (AvgIpc) is 3.00. The molecule has 1 heterocycles. The maximum absolute atomic E-state index is 6.18. The Morgan fingerprint density at radius 1 is 1.09 bits per heavy atom. The van der Waals surface area contributed by atoms with Gasteiger partial charge in [-0.15, -0.1) is 0 Å². The molecule has 1 unspecified atom stereocenters. The van der Waals surface area contributed by atoms with Gasteiger partial charge in [0.1, 0.15) is 0 Å². The van der Waals surface area contributed by atoms with Crippen molar-refractivity contribution < 1.29 is 0 Å². The van der Waals surface area contributed by atoms with Gasteiger partial charge in [0.2, 0.25) is 0 Å². The van der Waals surface area contributed by atoms with Crippen molar-refractivity contribution in [3.05, 3.63) is 54.6 Å². The van der Waals surface area contributed by atoms with Gasteiger partial charge in [0.25, 0.3) is 0 Å². The summed E-state index contributed by atoms with van der Waals surface area (Å²) in [6.45, 7) is 6.54. The Hall–Kier alpha value is -2.16. The number of nitrogens with zero attached hydrogens (tertiary/aromatic N) is 2. The van der Waals surface area contributed by atoms with Crippen LogP contribution in [0.15, 0.2) is 54.6 Å². The minimum atomic E-state index is 0.520. The van der Waals surface area contributed by atoms with E-state index in [9.17, 15) is 0 Å². The first kappa shape index (κ1) is 14.8. The molecule has 116 valence electrons. The SMILES string of the molecule is CCC(C)[C@H]1CN(c2ccccc2N)CN1c1ccccc1. The summed E-state index contributed by atoms with van der Waals surface area (Å²) in [7, 11) is 0. The van der Waals surface area contributed by atoms with Crippen molar-refractivity contribution in [1.29, 1.82) is 0 Å². The predicted octanol–water partition coefficient (Wildman–Crippen LogP) is 3.97. The zero-order chi connectivity index (χ0) is 15.5. The highest BCUT2D eigenvalue weighted by atomic mass is 15.4. The highest BCUT2D eigenvalue weighted by Crippen LogP contribution is 2.33. The second kappa shape index (κ2) is 6.30. The third kappa shape index (κ3) is 2.76. The zero-order valence-corrected chi connectivity index (χ0v) is 13.4. The number of benzene rings is 2. The van der Waals surface area contributed by atoms with Crippen molar-refractivity contribution in [3.63, 3.8) is 0 Å². The van der Waals surface area contributed by atoms with Crippen LogP contribution in [0.5, 0.6) is 0 Å². The monoisotopic (exact) mass is 295 g/mol. The van der Waals surface area contributed by atoms with Gasteiger partial charge >= 0.3 is 0 Å². The third-order valence-electron chi connectivity index (χ3n) is 4.80.